The molecule has 0 unspecified atom stereocenters. The molecule has 3 aromatic rings. The highest BCUT2D eigenvalue weighted by atomic mass is 79.9. The van der Waals surface area contributed by atoms with Crippen molar-refractivity contribution in [1.29, 1.82) is 0 Å². The van der Waals surface area contributed by atoms with E-state index in [0.717, 1.165) is 16.7 Å². The number of halogens is 5. The summed E-state index contributed by atoms with van der Waals surface area (Å²) in [4.78, 5) is 38.8. The molecule has 1 fully saturated rings. The van der Waals surface area contributed by atoms with Gasteiger partial charge in [-0.25, -0.2) is 4.39 Å². The number of benzene rings is 3. The Morgan fingerprint density at radius 1 is 1.05 bits per heavy atom. The number of imide groups is 1. The summed E-state index contributed by atoms with van der Waals surface area (Å²) in [5.74, 6) is -1.02. The SMILES string of the molecule is O=C(CN1C(=O)S/C(=C/c2cc(Br)c(OCc3ccccc3F)c(Br)c2)C1=O)Nc1ccc(Br)c(Cl)c1. The number of hydrogen-bond donors (Lipinski definition) is 1. The van der Waals surface area contributed by atoms with E-state index in [9.17, 15) is 18.8 Å². The third kappa shape index (κ3) is 6.83. The van der Waals surface area contributed by atoms with Gasteiger partial charge in [0.15, 0.2) is 0 Å². The quantitative estimate of drug-likeness (QED) is 0.249. The second-order valence-electron chi connectivity index (χ2n) is 7.64. The van der Waals surface area contributed by atoms with Gasteiger partial charge in [-0.2, -0.15) is 0 Å². The molecule has 3 amide bonds. The molecule has 0 atom stereocenters. The Morgan fingerprint density at radius 3 is 2.43 bits per heavy atom. The van der Waals surface area contributed by atoms with E-state index >= 15 is 0 Å². The molecule has 0 bridgehead atoms. The van der Waals surface area contributed by atoms with Crippen LogP contribution in [0.15, 0.2) is 72.9 Å². The first-order valence-electron chi connectivity index (χ1n) is 10.5. The predicted molar refractivity (Wildman–Crippen MR) is 153 cm³/mol. The average molecular weight is 734 g/mol. The van der Waals surface area contributed by atoms with E-state index in [0.29, 0.717) is 41.0 Å². The van der Waals surface area contributed by atoms with Crippen molar-refractivity contribution in [2.24, 2.45) is 0 Å². The van der Waals surface area contributed by atoms with Gasteiger partial charge in [-0.15, -0.1) is 0 Å². The minimum absolute atomic E-state index is 0.0244. The molecule has 190 valence electrons. The Bertz CT molecular complexity index is 1430. The van der Waals surface area contributed by atoms with Gasteiger partial charge < -0.3 is 10.1 Å². The molecule has 0 saturated carbocycles. The largest absolute Gasteiger partial charge is 0.486 e. The summed E-state index contributed by atoms with van der Waals surface area (Å²) in [6.45, 7) is -0.414. The van der Waals surface area contributed by atoms with E-state index < -0.39 is 23.6 Å². The standard InChI is InChI=1S/C25H15Br3ClFN2O4S/c26-16-6-5-15(10-19(16)29)31-22(33)11-32-24(34)21(37-25(32)35)9-13-7-17(27)23(18(28)8-13)36-12-14-3-1-2-4-20(14)30/h1-10H,11-12H2,(H,31,33)/b21-9+. The monoisotopic (exact) mass is 730 g/mol. The number of thioether (sulfide) groups is 1. The predicted octanol–water partition coefficient (Wildman–Crippen LogP) is 8.02. The number of rotatable bonds is 7. The lowest BCUT2D eigenvalue weighted by atomic mass is 10.2. The maximum absolute atomic E-state index is 13.9. The van der Waals surface area contributed by atoms with Gasteiger partial charge in [0.2, 0.25) is 5.91 Å². The van der Waals surface area contributed by atoms with E-state index in [1.807, 2.05) is 0 Å². The van der Waals surface area contributed by atoms with Crippen LogP contribution in [0.2, 0.25) is 5.02 Å². The number of nitrogens with zero attached hydrogens (tertiary/aromatic N) is 1. The van der Waals surface area contributed by atoms with Crippen LogP contribution in [0.5, 0.6) is 5.75 Å². The van der Waals surface area contributed by atoms with Crippen LogP contribution < -0.4 is 10.1 Å². The van der Waals surface area contributed by atoms with Gasteiger partial charge in [-0.3, -0.25) is 19.3 Å². The zero-order valence-corrected chi connectivity index (χ0v) is 24.9. The molecule has 4 rings (SSSR count). The highest BCUT2D eigenvalue weighted by Crippen LogP contribution is 2.38. The van der Waals surface area contributed by atoms with Gasteiger partial charge in [0.25, 0.3) is 11.1 Å². The highest BCUT2D eigenvalue weighted by molar-refractivity contribution is 9.11. The Hall–Kier alpha value is -2.18. The summed E-state index contributed by atoms with van der Waals surface area (Å²) < 4.78 is 21.5. The molecule has 1 saturated heterocycles. The van der Waals surface area contributed by atoms with Crippen molar-refractivity contribution in [3.63, 3.8) is 0 Å². The molecule has 1 heterocycles. The first kappa shape index (κ1) is 27.8. The van der Waals surface area contributed by atoms with Gasteiger partial charge in [0.1, 0.15) is 24.7 Å². The van der Waals surface area contributed by atoms with Crippen LogP contribution >= 0.6 is 71.2 Å². The van der Waals surface area contributed by atoms with E-state index in [-0.39, 0.29) is 17.3 Å². The minimum atomic E-state index is -0.578. The molecule has 1 aliphatic heterocycles. The lowest BCUT2D eigenvalue weighted by Gasteiger charge is -2.13. The summed E-state index contributed by atoms with van der Waals surface area (Å²) in [7, 11) is 0. The fraction of sp³-hybridized carbons (Fsp3) is 0.0800. The second kappa shape index (κ2) is 12.1. The van der Waals surface area contributed by atoms with Gasteiger partial charge in [0, 0.05) is 15.7 Å². The van der Waals surface area contributed by atoms with Gasteiger partial charge in [-0.1, -0.05) is 29.8 Å². The lowest BCUT2D eigenvalue weighted by Crippen LogP contribution is -2.36. The smallest absolute Gasteiger partial charge is 0.294 e. The van der Waals surface area contributed by atoms with Gasteiger partial charge >= 0.3 is 0 Å². The van der Waals surface area contributed by atoms with Crippen molar-refractivity contribution in [1.82, 2.24) is 4.90 Å². The van der Waals surface area contributed by atoms with Crippen LogP contribution in [-0.4, -0.2) is 28.5 Å². The minimum Gasteiger partial charge on any atom is -0.486 e. The number of carbonyl (C=O) groups is 3. The van der Waals surface area contributed by atoms with Gasteiger partial charge in [-0.05, 0) is 108 Å². The van der Waals surface area contributed by atoms with E-state index in [4.69, 9.17) is 16.3 Å². The summed E-state index contributed by atoms with van der Waals surface area (Å²) >= 11 is 16.9. The first-order valence-corrected chi connectivity index (χ1v) is 14.0. The van der Waals surface area contributed by atoms with Crippen molar-refractivity contribution in [2.45, 2.75) is 6.61 Å². The third-order valence-corrected chi connectivity index (χ3v) is 8.34. The molecule has 0 spiro atoms. The van der Waals surface area contributed by atoms with Crippen molar-refractivity contribution in [3.05, 3.63) is 94.9 Å². The second-order valence-corrected chi connectivity index (χ2v) is 11.6. The van der Waals surface area contributed by atoms with Crippen LogP contribution in [0.25, 0.3) is 6.08 Å². The molecular weight excluding hydrogens is 719 g/mol. The molecular formula is C25H15Br3ClFN2O4S. The normalized spacial score (nSPS) is 14.4. The molecule has 0 radical (unpaired) electrons. The molecule has 12 heteroatoms. The lowest BCUT2D eigenvalue weighted by molar-refractivity contribution is -0.127. The Morgan fingerprint density at radius 2 is 1.76 bits per heavy atom. The van der Waals surface area contributed by atoms with Crippen LogP contribution in [0.3, 0.4) is 0 Å². The molecule has 0 aliphatic carbocycles. The Labute approximate surface area is 246 Å². The summed E-state index contributed by atoms with van der Waals surface area (Å²) in [6.07, 6.45) is 1.55. The van der Waals surface area contributed by atoms with Crippen LogP contribution in [0, 0.1) is 5.82 Å². The highest BCUT2D eigenvalue weighted by Gasteiger charge is 2.36. The fourth-order valence-electron chi connectivity index (χ4n) is 3.27. The zero-order valence-electron chi connectivity index (χ0n) is 18.6. The number of carbonyl (C=O) groups excluding carboxylic acids is 3. The van der Waals surface area contributed by atoms with E-state index in [1.165, 1.54) is 6.07 Å². The third-order valence-electron chi connectivity index (χ3n) is 5.03. The first-order chi connectivity index (χ1) is 17.6. The topological polar surface area (TPSA) is 75.7 Å². The number of hydrogen-bond acceptors (Lipinski definition) is 5. The summed E-state index contributed by atoms with van der Waals surface area (Å²) in [6, 6.07) is 14.6. The van der Waals surface area contributed by atoms with E-state index in [1.54, 1.807) is 54.6 Å². The maximum Gasteiger partial charge on any atom is 0.294 e. The maximum atomic E-state index is 13.9. The Balaban J connectivity index is 1.44. The fourth-order valence-corrected chi connectivity index (χ4v) is 5.99. The van der Waals surface area contributed by atoms with E-state index in [2.05, 4.69) is 53.1 Å². The number of amides is 3. The molecule has 6 nitrogen and oxygen atoms in total. The molecule has 0 aromatic heterocycles. The van der Waals surface area contributed by atoms with Crippen molar-refractivity contribution in [3.8, 4) is 5.75 Å². The number of anilines is 1. The van der Waals surface area contributed by atoms with Crippen LogP contribution in [0.4, 0.5) is 14.9 Å². The average Bonchev–Trinajstić information content (AvgIpc) is 3.09. The molecule has 37 heavy (non-hydrogen) atoms. The van der Waals surface area contributed by atoms with Crippen molar-refractivity contribution >= 4 is 100.0 Å². The molecule has 3 aromatic carbocycles. The van der Waals surface area contributed by atoms with Gasteiger partial charge in [0.05, 0.1) is 18.9 Å². The summed E-state index contributed by atoms with van der Waals surface area (Å²) in [5.41, 5.74) is 1.45. The van der Waals surface area contributed by atoms with Crippen molar-refractivity contribution in [2.75, 3.05) is 11.9 Å². The zero-order chi connectivity index (χ0) is 26.7. The van der Waals surface area contributed by atoms with Crippen LogP contribution in [0.1, 0.15) is 11.1 Å². The summed E-state index contributed by atoms with van der Waals surface area (Å²) in [5, 5.41) is 2.48. The molecule has 1 N–H and O–H groups in total. The molecule has 1 aliphatic rings. The number of ether oxygens (including phenoxy) is 1. The Kier molecular flexibility index (Phi) is 9.12. The van der Waals surface area contributed by atoms with Crippen molar-refractivity contribution < 1.29 is 23.5 Å². The number of nitrogens with one attached hydrogen (secondary N) is 1. The van der Waals surface area contributed by atoms with Crippen LogP contribution in [-0.2, 0) is 16.2 Å².